The van der Waals surface area contributed by atoms with Crippen LogP contribution in [0.5, 0.6) is 0 Å². The first-order chi connectivity index (χ1) is 14.1. The van der Waals surface area contributed by atoms with Crippen molar-refractivity contribution in [1.29, 1.82) is 0 Å². The van der Waals surface area contributed by atoms with E-state index in [-0.39, 0.29) is 17.6 Å². The molecule has 156 valence electrons. The molecule has 0 fully saturated rings. The van der Waals surface area contributed by atoms with Crippen molar-refractivity contribution in [2.75, 3.05) is 18.1 Å². The summed E-state index contributed by atoms with van der Waals surface area (Å²) < 4.78 is 27.0. The van der Waals surface area contributed by atoms with Crippen LogP contribution in [0.2, 0.25) is 5.02 Å². The highest BCUT2D eigenvalue weighted by molar-refractivity contribution is 7.89. The van der Waals surface area contributed by atoms with Gasteiger partial charge in [-0.15, -0.1) is 11.3 Å². The third-order valence-corrected chi connectivity index (χ3v) is 8.25. The van der Waals surface area contributed by atoms with E-state index in [2.05, 4.69) is 10.3 Å². The second-order valence-electron chi connectivity index (χ2n) is 7.29. The number of carbonyl (C=O) groups excluding carboxylic acids is 1. The smallest absolute Gasteiger partial charge is 0.255 e. The molecule has 0 saturated heterocycles. The SMILES string of the molecule is CN1C(N)=NC(C)(c2csc3ccc(NC(=O)c4ccc(Cl)cc4)cc23)CS1(=O)=O. The highest BCUT2D eigenvalue weighted by Gasteiger charge is 2.41. The van der Waals surface area contributed by atoms with Gasteiger partial charge in [-0.3, -0.25) is 4.79 Å². The van der Waals surface area contributed by atoms with Gasteiger partial charge in [0, 0.05) is 33.4 Å². The number of carbonyl (C=O) groups is 1. The highest BCUT2D eigenvalue weighted by atomic mass is 35.5. The quantitative estimate of drug-likeness (QED) is 0.620. The first-order valence-corrected chi connectivity index (χ1v) is 11.9. The second-order valence-corrected chi connectivity index (χ2v) is 10.6. The molecule has 0 spiro atoms. The number of fused-ring (bicyclic) bond motifs is 1. The molecule has 1 atom stereocenters. The van der Waals surface area contributed by atoms with Crippen LogP contribution in [0.15, 0.2) is 52.8 Å². The number of hydrogen-bond acceptors (Lipinski definition) is 6. The predicted octanol–water partition coefficient (Wildman–Crippen LogP) is 3.61. The number of anilines is 1. The fourth-order valence-corrected chi connectivity index (χ4v) is 6.06. The Kier molecular flexibility index (Phi) is 5.00. The number of rotatable bonds is 3. The van der Waals surface area contributed by atoms with E-state index in [1.807, 2.05) is 23.6 Å². The van der Waals surface area contributed by atoms with Gasteiger partial charge < -0.3 is 11.1 Å². The molecule has 4 rings (SSSR count). The fraction of sp³-hybridized carbons (Fsp3) is 0.200. The van der Waals surface area contributed by atoms with E-state index < -0.39 is 15.6 Å². The van der Waals surface area contributed by atoms with Crippen LogP contribution < -0.4 is 11.1 Å². The normalized spacial score (nSPS) is 20.8. The topological polar surface area (TPSA) is 105 Å². The van der Waals surface area contributed by atoms with Gasteiger partial charge in [0.05, 0.1) is 5.75 Å². The number of nitrogens with two attached hydrogens (primary N) is 1. The van der Waals surface area contributed by atoms with Gasteiger partial charge in [-0.25, -0.2) is 17.7 Å². The van der Waals surface area contributed by atoms with Crippen molar-refractivity contribution >= 4 is 60.6 Å². The Balaban J connectivity index is 1.72. The number of halogens is 1. The van der Waals surface area contributed by atoms with Crippen LogP contribution in [0.3, 0.4) is 0 Å². The Bertz CT molecular complexity index is 1290. The zero-order valence-corrected chi connectivity index (χ0v) is 18.6. The maximum absolute atomic E-state index is 12.5. The van der Waals surface area contributed by atoms with Crippen LogP contribution in [-0.4, -0.2) is 37.4 Å². The van der Waals surface area contributed by atoms with Crippen molar-refractivity contribution in [2.24, 2.45) is 10.7 Å². The summed E-state index contributed by atoms with van der Waals surface area (Å²) in [5.41, 5.74) is 6.70. The van der Waals surface area contributed by atoms with Crippen LogP contribution in [0.1, 0.15) is 22.8 Å². The number of guanidine groups is 1. The van der Waals surface area contributed by atoms with Gasteiger partial charge in [-0.1, -0.05) is 11.6 Å². The molecule has 1 unspecified atom stereocenters. The maximum atomic E-state index is 12.5. The molecule has 1 aliphatic heterocycles. The first kappa shape index (κ1) is 20.6. The largest absolute Gasteiger partial charge is 0.369 e. The number of nitrogens with zero attached hydrogens (tertiary/aromatic N) is 2. The summed E-state index contributed by atoms with van der Waals surface area (Å²) in [5, 5.41) is 6.15. The second kappa shape index (κ2) is 7.26. The average Bonchev–Trinajstić information content (AvgIpc) is 3.10. The molecular weight excluding hydrogens is 444 g/mol. The molecule has 30 heavy (non-hydrogen) atoms. The Morgan fingerprint density at radius 2 is 1.97 bits per heavy atom. The van der Waals surface area contributed by atoms with Crippen molar-refractivity contribution in [1.82, 2.24) is 4.31 Å². The molecule has 2 aromatic carbocycles. The molecule has 7 nitrogen and oxygen atoms in total. The maximum Gasteiger partial charge on any atom is 0.255 e. The predicted molar refractivity (Wildman–Crippen MR) is 122 cm³/mol. The number of thiophene rings is 1. The molecular formula is C20H19ClN4O3S2. The van der Waals surface area contributed by atoms with Gasteiger partial charge in [-0.05, 0) is 60.3 Å². The van der Waals surface area contributed by atoms with Crippen molar-refractivity contribution in [2.45, 2.75) is 12.5 Å². The van der Waals surface area contributed by atoms with Gasteiger partial charge >= 0.3 is 0 Å². The van der Waals surface area contributed by atoms with E-state index in [0.29, 0.717) is 16.3 Å². The van der Waals surface area contributed by atoms with E-state index in [9.17, 15) is 13.2 Å². The minimum Gasteiger partial charge on any atom is -0.369 e. The third kappa shape index (κ3) is 3.64. The highest BCUT2D eigenvalue weighted by Crippen LogP contribution is 2.40. The number of benzene rings is 2. The summed E-state index contributed by atoms with van der Waals surface area (Å²) in [6.45, 7) is 1.75. The lowest BCUT2D eigenvalue weighted by Gasteiger charge is -2.34. The minimum atomic E-state index is -3.58. The molecule has 1 aliphatic rings. The summed E-state index contributed by atoms with van der Waals surface area (Å²) in [5.74, 6) is -0.502. The number of hydrogen-bond donors (Lipinski definition) is 2. The molecule has 3 N–H and O–H groups in total. The molecule has 3 aromatic rings. The van der Waals surface area contributed by atoms with Crippen molar-refractivity contribution in [3.05, 3.63) is 64.0 Å². The van der Waals surface area contributed by atoms with E-state index in [1.165, 1.54) is 18.4 Å². The summed E-state index contributed by atoms with van der Waals surface area (Å²) >= 11 is 7.37. The standard InChI is InChI=1S/C20H19ClN4O3S2/c1-20(11-30(27,28)25(2)19(22)24-20)16-10-29-17-8-7-14(9-15(16)17)23-18(26)12-3-5-13(21)6-4-12/h3-10H,11H2,1-2H3,(H2,22,24)(H,23,26). The molecule has 10 heteroatoms. The van der Waals surface area contributed by atoms with Crippen molar-refractivity contribution in [3.63, 3.8) is 0 Å². The molecule has 1 aromatic heterocycles. The molecule has 0 saturated carbocycles. The summed E-state index contributed by atoms with van der Waals surface area (Å²) in [7, 11) is -2.19. The monoisotopic (exact) mass is 462 g/mol. The van der Waals surface area contributed by atoms with Gasteiger partial charge in [0.2, 0.25) is 16.0 Å². The van der Waals surface area contributed by atoms with Crippen LogP contribution >= 0.6 is 22.9 Å². The molecule has 0 aliphatic carbocycles. The zero-order chi connectivity index (χ0) is 21.7. The first-order valence-electron chi connectivity index (χ1n) is 9.00. The van der Waals surface area contributed by atoms with Crippen molar-refractivity contribution < 1.29 is 13.2 Å². The summed E-state index contributed by atoms with van der Waals surface area (Å²) in [6.07, 6.45) is 0. The molecule has 0 bridgehead atoms. The Morgan fingerprint density at radius 1 is 1.27 bits per heavy atom. The van der Waals surface area contributed by atoms with E-state index in [0.717, 1.165) is 20.0 Å². The van der Waals surface area contributed by atoms with Gasteiger partial charge in [0.15, 0.2) is 0 Å². The van der Waals surface area contributed by atoms with E-state index >= 15 is 0 Å². The van der Waals surface area contributed by atoms with E-state index in [1.54, 1.807) is 31.2 Å². The number of aliphatic imine (C=N–C) groups is 1. The fourth-order valence-electron chi connectivity index (χ4n) is 3.42. The van der Waals surface area contributed by atoms with Gasteiger partial charge in [0.25, 0.3) is 5.91 Å². The Morgan fingerprint density at radius 3 is 2.63 bits per heavy atom. The Hall–Kier alpha value is -2.62. The van der Waals surface area contributed by atoms with Gasteiger partial charge in [0.1, 0.15) is 5.54 Å². The van der Waals surface area contributed by atoms with Crippen LogP contribution in [0.25, 0.3) is 10.1 Å². The van der Waals surface area contributed by atoms with Gasteiger partial charge in [-0.2, -0.15) is 0 Å². The summed E-state index contributed by atoms with van der Waals surface area (Å²) in [6, 6.07) is 12.1. The van der Waals surface area contributed by atoms with Crippen LogP contribution in [0, 0.1) is 0 Å². The van der Waals surface area contributed by atoms with Crippen LogP contribution in [-0.2, 0) is 15.6 Å². The average molecular weight is 463 g/mol. The number of nitrogens with one attached hydrogen (secondary N) is 1. The number of sulfonamides is 1. The molecule has 0 radical (unpaired) electrons. The summed E-state index contributed by atoms with van der Waals surface area (Å²) in [4.78, 5) is 17.0. The lowest BCUT2D eigenvalue weighted by atomic mass is 9.94. The molecule has 1 amide bonds. The lowest BCUT2D eigenvalue weighted by Crippen LogP contribution is -2.50. The molecule has 2 heterocycles. The van der Waals surface area contributed by atoms with Crippen molar-refractivity contribution in [3.8, 4) is 0 Å². The Labute approximate surface area is 183 Å². The third-order valence-electron chi connectivity index (χ3n) is 5.08. The number of amides is 1. The zero-order valence-electron chi connectivity index (χ0n) is 16.2. The minimum absolute atomic E-state index is 0.0460. The van der Waals surface area contributed by atoms with Crippen LogP contribution in [0.4, 0.5) is 5.69 Å². The lowest BCUT2D eigenvalue weighted by molar-refractivity contribution is 0.102. The van der Waals surface area contributed by atoms with E-state index in [4.69, 9.17) is 17.3 Å².